The molecule has 0 spiro atoms. The van der Waals surface area contributed by atoms with Gasteiger partial charge in [0, 0.05) is 12.1 Å². The van der Waals surface area contributed by atoms with Crippen LogP contribution >= 0.6 is 0 Å². The summed E-state index contributed by atoms with van der Waals surface area (Å²) in [6.07, 6.45) is 2.54. The monoisotopic (exact) mass is 261 g/mol. The maximum absolute atomic E-state index is 3.83. The fraction of sp³-hybridized carbons (Fsp3) is 0.667. The van der Waals surface area contributed by atoms with Crippen LogP contribution in [0.3, 0.4) is 0 Å². The van der Waals surface area contributed by atoms with Crippen LogP contribution in [0.5, 0.6) is 0 Å². The Balaban J connectivity index is 2.72. The predicted octanol–water partition coefficient (Wildman–Crippen LogP) is 5.19. The van der Waals surface area contributed by atoms with Crippen molar-refractivity contribution in [3.05, 3.63) is 35.9 Å². The highest BCUT2D eigenvalue weighted by atomic mass is 15.0. The lowest BCUT2D eigenvalue weighted by Gasteiger charge is -2.35. The standard InChI is InChI=1S/C18H31N/c1-14(2)12-13-15(3)19-17(18(4,5)6)16-10-8-7-9-11-16/h7-11,14-15,17,19H,12-13H2,1-6H3. The minimum atomic E-state index is 0.230. The van der Waals surface area contributed by atoms with E-state index in [2.05, 4.69) is 77.2 Å². The maximum atomic E-state index is 3.83. The fourth-order valence-corrected chi connectivity index (χ4v) is 2.44. The van der Waals surface area contributed by atoms with E-state index in [1.54, 1.807) is 0 Å². The van der Waals surface area contributed by atoms with Gasteiger partial charge in [0.1, 0.15) is 0 Å². The van der Waals surface area contributed by atoms with Crippen molar-refractivity contribution < 1.29 is 0 Å². The summed E-state index contributed by atoms with van der Waals surface area (Å²) in [5.41, 5.74) is 1.62. The molecule has 0 heterocycles. The Morgan fingerprint density at radius 2 is 1.53 bits per heavy atom. The average Bonchev–Trinajstić information content (AvgIpc) is 2.33. The van der Waals surface area contributed by atoms with Crippen LogP contribution in [0.4, 0.5) is 0 Å². The van der Waals surface area contributed by atoms with Crippen molar-refractivity contribution in [2.75, 3.05) is 0 Å². The second-order valence-electron chi connectivity index (χ2n) is 7.25. The molecule has 0 bridgehead atoms. The molecule has 1 rings (SSSR count). The zero-order valence-electron chi connectivity index (χ0n) is 13.5. The van der Waals surface area contributed by atoms with Gasteiger partial charge in [-0.25, -0.2) is 0 Å². The summed E-state index contributed by atoms with van der Waals surface area (Å²) in [5.74, 6) is 0.786. The summed E-state index contributed by atoms with van der Waals surface area (Å²) in [7, 11) is 0. The Morgan fingerprint density at radius 1 is 0.947 bits per heavy atom. The quantitative estimate of drug-likeness (QED) is 0.743. The molecule has 108 valence electrons. The molecule has 0 aliphatic carbocycles. The van der Waals surface area contributed by atoms with Gasteiger partial charge in [0.25, 0.3) is 0 Å². The zero-order chi connectivity index (χ0) is 14.5. The van der Waals surface area contributed by atoms with Gasteiger partial charge in [-0.1, -0.05) is 65.0 Å². The molecule has 1 nitrogen and oxygen atoms in total. The summed E-state index contributed by atoms with van der Waals surface area (Å²) in [6.45, 7) is 13.8. The Kier molecular flexibility index (Phi) is 6.06. The molecular formula is C18H31N. The van der Waals surface area contributed by atoms with E-state index in [9.17, 15) is 0 Å². The zero-order valence-corrected chi connectivity index (χ0v) is 13.5. The fourth-order valence-electron chi connectivity index (χ4n) is 2.44. The van der Waals surface area contributed by atoms with Crippen molar-refractivity contribution in [2.45, 2.75) is 66.5 Å². The number of hydrogen-bond donors (Lipinski definition) is 1. The molecule has 2 unspecified atom stereocenters. The van der Waals surface area contributed by atoms with E-state index >= 15 is 0 Å². The van der Waals surface area contributed by atoms with E-state index in [0.717, 1.165) is 5.92 Å². The Bertz CT molecular complexity index is 348. The van der Waals surface area contributed by atoms with E-state index in [1.807, 2.05) is 0 Å². The van der Waals surface area contributed by atoms with Gasteiger partial charge in [0.05, 0.1) is 0 Å². The van der Waals surface area contributed by atoms with E-state index in [-0.39, 0.29) is 5.41 Å². The van der Waals surface area contributed by atoms with Crippen molar-refractivity contribution in [1.82, 2.24) is 5.32 Å². The molecule has 1 aromatic rings. The van der Waals surface area contributed by atoms with Crippen LogP contribution in [0.1, 0.15) is 66.0 Å². The lowest BCUT2D eigenvalue weighted by Crippen LogP contribution is -2.38. The molecule has 1 aromatic carbocycles. The SMILES string of the molecule is CC(C)CCC(C)NC(c1ccccc1)C(C)(C)C. The lowest BCUT2D eigenvalue weighted by molar-refractivity contribution is 0.246. The van der Waals surface area contributed by atoms with Crippen LogP contribution in [-0.2, 0) is 0 Å². The van der Waals surface area contributed by atoms with Gasteiger partial charge < -0.3 is 5.32 Å². The van der Waals surface area contributed by atoms with Gasteiger partial charge in [-0.3, -0.25) is 0 Å². The molecule has 0 radical (unpaired) electrons. The normalized spacial score (nSPS) is 15.5. The molecule has 0 saturated carbocycles. The van der Waals surface area contributed by atoms with Gasteiger partial charge in [-0.05, 0) is 36.7 Å². The first kappa shape index (κ1) is 16.2. The molecule has 2 atom stereocenters. The van der Waals surface area contributed by atoms with Crippen molar-refractivity contribution in [2.24, 2.45) is 11.3 Å². The molecule has 1 heteroatoms. The topological polar surface area (TPSA) is 12.0 Å². The van der Waals surface area contributed by atoms with E-state index in [1.165, 1.54) is 18.4 Å². The van der Waals surface area contributed by atoms with E-state index in [0.29, 0.717) is 12.1 Å². The van der Waals surface area contributed by atoms with Crippen molar-refractivity contribution in [3.8, 4) is 0 Å². The molecule has 0 saturated heterocycles. The lowest BCUT2D eigenvalue weighted by atomic mass is 9.81. The largest absolute Gasteiger partial charge is 0.307 e. The molecular weight excluding hydrogens is 230 g/mol. The average molecular weight is 261 g/mol. The van der Waals surface area contributed by atoms with Gasteiger partial charge in [0.2, 0.25) is 0 Å². The second-order valence-corrected chi connectivity index (χ2v) is 7.25. The first-order chi connectivity index (χ1) is 8.80. The van der Waals surface area contributed by atoms with Crippen LogP contribution in [-0.4, -0.2) is 6.04 Å². The van der Waals surface area contributed by atoms with Crippen LogP contribution in [0.25, 0.3) is 0 Å². The Morgan fingerprint density at radius 3 is 2.00 bits per heavy atom. The van der Waals surface area contributed by atoms with Crippen molar-refractivity contribution >= 4 is 0 Å². The van der Waals surface area contributed by atoms with Crippen molar-refractivity contribution in [1.29, 1.82) is 0 Å². The molecule has 0 amide bonds. The highest BCUT2D eigenvalue weighted by Gasteiger charge is 2.27. The van der Waals surface area contributed by atoms with Gasteiger partial charge in [-0.15, -0.1) is 0 Å². The van der Waals surface area contributed by atoms with E-state index in [4.69, 9.17) is 0 Å². The number of benzene rings is 1. The highest BCUT2D eigenvalue weighted by Crippen LogP contribution is 2.33. The first-order valence-electron chi connectivity index (χ1n) is 7.61. The minimum Gasteiger partial charge on any atom is -0.307 e. The molecule has 0 aromatic heterocycles. The number of nitrogens with one attached hydrogen (secondary N) is 1. The van der Waals surface area contributed by atoms with Crippen LogP contribution in [0.15, 0.2) is 30.3 Å². The first-order valence-corrected chi connectivity index (χ1v) is 7.61. The third-order valence-electron chi connectivity index (χ3n) is 3.63. The molecule has 0 aliphatic rings. The van der Waals surface area contributed by atoms with Crippen molar-refractivity contribution in [3.63, 3.8) is 0 Å². The number of rotatable bonds is 6. The van der Waals surface area contributed by atoms with Gasteiger partial charge >= 0.3 is 0 Å². The third kappa shape index (κ3) is 5.78. The molecule has 0 fully saturated rings. The summed E-state index contributed by atoms with van der Waals surface area (Å²) >= 11 is 0. The Labute approximate surface area is 119 Å². The molecule has 19 heavy (non-hydrogen) atoms. The smallest absolute Gasteiger partial charge is 0.0371 e. The highest BCUT2D eigenvalue weighted by molar-refractivity contribution is 5.20. The van der Waals surface area contributed by atoms with Crippen LogP contribution < -0.4 is 5.32 Å². The summed E-state index contributed by atoms with van der Waals surface area (Å²) in [5, 5.41) is 3.83. The summed E-state index contributed by atoms with van der Waals surface area (Å²) < 4.78 is 0. The van der Waals surface area contributed by atoms with Crippen LogP contribution in [0, 0.1) is 11.3 Å². The third-order valence-corrected chi connectivity index (χ3v) is 3.63. The predicted molar refractivity (Wildman–Crippen MR) is 85.3 cm³/mol. The summed E-state index contributed by atoms with van der Waals surface area (Å²) in [6, 6.07) is 11.8. The van der Waals surface area contributed by atoms with E-state index < -0.39 is 0 Å². The van der Waals surface area contributed by atoms with Gasteiger partial charge in [-0.2, -0.15) is 0 Å². The van der Waals surface area contributed by atoms with Gasteiger partial charge in [0.15, 0.2) is 0 Å². The molecule has 1 N–H and O–H groups in total. The second kappa shape index (κ2) is 7.09. The van der Waals surface area contributed by atoms with Crippen LogP contribution in [0.2, 0.25) is 0 Å². The Hall–Kier alpha value is -0.820. The minimum absolute atomic E-state index is 0.230. The summed E-state index contributed by atoms with van der Waals surface area (Å²) in [4.78, 5) is 0. The maximum Gasteiger partial charge on any atom is 0.0371 e. The molecule has 0 aliphatic heterocycles. The number of hydrogen-bond acceptors (Lipinski definition) is 1.